The average molecular weight is 364 g/mol. The Morgan fingerprint density at radius 3 is 2.81 bits per heavy atom. The molecule has 8 nitrogen and oxygen atoms in total. The van der Waals surface area contributed by atoms with Crippen molar-refractivity contribution in [2.45, 2.75) is 6.54 Å². The summed E-state index contributed by atoms with van der Waals surface area (Å²) in [7, 11) is 2.86. The number of carbonyl (C=O) groups is 1. The van der Waals surface area contributed by atoms with Crippen molar-refractivity contribution in [3.05, 3.63) is 21.0 Å². The molecule has 0 amide bonds. The number of nitrogens with zero attached hydrogens (tertiary/aromatic N) is 2. The van der Waals surface area contributed by atoms with Crippen LogP contribution < -0.4 is 10.9 Å². The summed E-state index contributed by atoms with van der Waals surface area (Å²) in [5.74, 6) is -0.538. The van der Waals surface area contributed by atoms with Crippen LogP contribution in [0.4, 0.5) is 5.69 Å². The van der Waals surface area contributed by atoms with Gasteiger partial charge in [0.05, 0.1) is 38.8 Å². The summed E-state index contributed by atoms with van der Waals surface area (Å²) in [4.78, 5) is 23.1. The molecule has 1 N–H and O–H groups in total. The SMILES string of the molecule is COCCOCCNc1cnn(CC(=O)OC)c(=O)c1Br. The number of nitrogens with one attached hydrogen (secondary N) is 1. The summed E-state index contributed by atoms with van der Waals surface area (Å²) in [6, 6.07) is 0. The third kappa shape index (κ3) is 5.82. The van der Waals surface area contributed by atoms with Gasteiger partial charge in [0.25, 0.3) is 5.56 Å². The maximum absolute atomic E-state index is 12.0. The fraction of sp³-hybridized carbons (Fsp3) is 0.583. The molecule has 0 aliphatic carbocycles. The normalized spacial score (nSPS) is 10.4. The van der Waals surface area contributed by atoms with Crippen LogP contribution in [0.3, 0.4) is 0 Å². The van der Waals surface area contributed by atoms with E-state index in [1.165, 1.54) is 13.3 Å². The first-order chi connectivity index (χ1) is 10.1. The minimum absolute atomic E-state index is 0.228. The van der Waals surface area contributed by atoms with Crippen molar-refractivity contribution >= 4 is 27.6 Å². The lowest BCUT2D eigenvalue weighted by Gasteiger charge is -2.10. The number of rotatable bonds is 9. The molecule has 0 spiro atoms. The first kappa shape index (κ1) is 17.6. The van der Waals surface area contributed by atoms with E-state index < -0.39 is 11.5 Å². The number of hydrogen-bond acceptors (Lipinski definition) is 7. The zero-order chi connectivity index (χ0) is 15.7. The van der Waals surface area contributed by atoms with Gasteiger partial charge in [0, 0.05) is 13.7 Å². The van der Waals surface area contributed by atoms with Crippen LogP contribution in [0.5, 0.6) is 0 Å². The largest absolute Gasteiger partial charge is 0.468 e. The van der Waals surface area contributed by atoms with E-state index in [9.17, 15) is 9.59 Å². The van der Waals surface area contributed by atoms with Crippen molar-refractivity contribution in [2.75, 3.05) is 45.9 Å². The number of halogens is 1. The molecule has 0 aliphatic rings. The van der Waals surface area contributed by atoms with Gasteiger partial charge in [0.2, 0.25) is 0 Å². The Balaban J connectivity index is 2.55. The molecule has 0 saturated heterocycles. The summed E-state index contributed by atoms with van der Waals surface area (Å²) in [6.45, 7) is 1.81. The minimum Gasteiger partial charge on any atom is -0.468 e. The van der Waals surface area contributed by atoms with Crippen LogP contribution in [0.1, 0.15) is 0 Å². The number of ether oxygens (including phenoxy) is 3. The molecule has 9 heteroatoms. The molecule has 1 aromatic rings. The number of hydrogen-bond donors (Lipinski definition) is 1. The maximum Gasteiger partial charge on any atom is 0.327 e. The zero-order valence-corrected chi connectivity index (χ0v) is 13.5. The lowest BCUT2D eigenvalue weighted by atomic mass is 10.4. The molecule has 1 heterocycles. The predicted octanol–water partition coefficient (Wildman–Crippen LogP) is 0.254. The minimum atomic E-state index is -0.538. The first-order valence-electron chi connectivity index (χ1n) is 6.23. The van der Waals surface area contributed by atoms with E-state index in [2.05, 4.69) is 31.1 Å². The molecule has 0 unspecified atom stereocenters. The van der Waals surface area contributed by atoms with Crippen molar-refractivity contribution in [3.63, 3.8) is 0 Å². The van der Waals surface area contributed by atoms with Gasteiger partial charge in [-0.05, 0) is 15.9 Å². The molecule has 1 aromatic heterocycles. The summed E-state index contributed by atoms with van der Waals surface area (Å²) in [6.07, 6.45) is 1.46. The van der Waals surface area contributed by atoms with Gasteiger partial charge in [-0.1, -0.05) is 0 Å². The van der Waals surface area contributed by atoms with Gasteiger partial charge in [-0.2, -0.15) is 5.10 Å². The first-order valence-corrected chi connectivity index (χ1v) is 7.02. The Morgan fingerprint density at radius 2 is 2.14 bits per heavy atom. The van der Waals surface area contributed by atoms with Crippen molar-refractivity contribution in [1.29, 1.82) is 0 Å². The van der Waals surface area contributed by atoms with Crippen LogP contribution in [-0.2, 0) is 25.5 Å². The van der Waals surface area contributed by atoms with E-state index in [4.69, 9.17) is 9.47 Å². The van der Waals surface area contributed by atoms with Gasteiger partial charge < -0.3 is 19.5 Å². The smallest absolute Gasteiger partial charge is 0.327 e. The molecule has 0 saturated carbocycles. The zero-order valence-electron chi connectivity index (χ0n) is 11.9. The van der Waals surface area contributed by atoms with Gasteiger partial charge in [0.15, 0.2) is 0 Å². The Kier molecular flexibility index (Phi) is 7.95. The standard InChI is InChI=1S/C12H18BrN3O5/c1-19-5-6-21-4-3-14-9-7-15-16(8-10(17)20-2)12(18)11(9)13/h7,14H,3-6,8H2,1-2H3. The Bertz CT molecular complexity index is 520. The molecule has 1 rings (SSSR count). The highest BCUT2D eigenvalue weighted by Gasteiger charge is 2.11. The number of anilines is 1. The summed E-state index contributed by atoms with van der Waals surface area (Å²) in [5, 5.41) is 6.93. The Labute approximate surface area is 130 Å². The number of methoxy groups -OCH3 is 2. The van der Waals surface area contributed by atoms with Gasteiger partial charge in [-0.3, -0.25) is 9.59 Å². The van der Waals surface area contributed by atoms with Crippen LogP contribution >= 0.6 is 15.9 Å². The number of aromatic nitrogens is 2. The van der Waals surface area contributed by atoms with E-state index in [1.807, 2.05) is 0 Å². The molecule has 0 radical (unpaired) electrons. The molecule has 0 aliphatic heterocycles. The molecule has 0 atom stereocenters. The highest BCUT2D eigenvalue weighted by molar-refractivity contribution is 9.10. The van der Waals surface area contributed by atoms with Crippen LogP contribution in [0, 0.1) is 0 Å². The topological polar surface area (TPSA) is 91.7 Å². The van der Waals surface area contributed by atoms with E-state index in [0.29, 0.717) is 36.5 Å². The molecular formula is C12H18BrN3O5. The van der Waals surface area contributed by atoms with Gasteiger partial charge in [0.1, 0.15) is 11.0 Å². The van der Waals surface area contributed by atoms with Gasteiger partial charge in [-0.15, -0.1) is 0 Å². The molecule has 0 fully saturated rings. The summed E-state index contributed by atoms with van der Waals surface area (Å²) >= 11 is 3.19. The lowest BCUT2D eigenvalue weighted by Crippen LogP contribution is -2.28. The fourth-order valence-corrected chi connectivity index (χ4v) is 1.84. The third-order valence-corrected chi connectivity index (χ3v) is 3.25. The van der Waals surface area contributed by atoms with E-state index in [-0.39, 0.29) is 6.54 Å². The second-order valence-corrected chi connectivity index (χ2v) is 4.74. The highest BCUT2D eigenvalue weighted by atomic mass is 79.9. The number of esters is 1. The van der Waals surface area contributed by atoms with Crippen molar-refractivity contribution < 1.29 is 19.0 Å². The average Bonchev–Trinajstić information content (AvgIpc) is 2.49. The second-order valence-electron chi connectivity index (χ2n) is 3.94. The lowest BCUT2D eigenvalue weighted by molar-refractivity contribution is -0.141. The number of carbonyl (C=O) groups excluding carboxylic acids is 1. The highest BCUT2D eigenvalue weighted by Crippen LogP contribution is 2.15. The van der Waals surface area contributed by atoms with Crippen LogP contribution in [0.2, 0.25) is 0 Å². The van der Waals surface area contributed by atoms with Gasteiger partial charge >= 0.3 is 5.97 Å². The van der Waals surface area contributed by atoms with Crippen LogP contribution in [-0.4, -0.2) is 56.3 Å². The van der Waals surface area contributed by atoms with Crippen molar-refractivity contribution in [3.8, 4) is 0 Å². The quantitative estimate of drug-likeness (QED) is 0.496. The Morgan fingerprint density at radius 1 is 1.38 bits per heavy atom. The third-order valence-electron chi connectivity index (χ3n) is 2.49. The monoisotopic (exact) mass is 363 g/mol. The van der Waals surface area contributed by atoms with Crippen LogP contribution in [0.25, 0.3) is 0 Å². The van der Waals surface area contributed by atoms with E-state index in [0.717, 1.165) is 4.68 Å². The molecule has 0 bridgehead atoms. The van der Waals surface area contributed by atoms with E-state index >= 15 is 0 Å². The summed E-state index contributed by atoms with van der Waals surface area (Å²) in [5.41, 5.74) is 0.127. The van der Waals surface area contributed by atoms with Crippen LogP contribution in [0.15, 0.2) is 15.5 Å². The molecule has 118 valence electrons. The van der Waals surface area contributed by atoms with Crippen molar-refractivity contribution in [1.82, 2.24) is 9.78 Å². The van der Waals surface area contributed by atoms with Gasteiger partial charge in [-0.25, -0.2) is 4.68 Å². The predicted molar refractivity (Wildman–Crippen MR) is 79.4 cm³/mol. The fourth-order valence-electron chi connectivity index (χ4n) is 1.39. The molecule has 0 aromatic carbocycles. The second kappa shape index (κ2) is 9.48. The summed E-state index contributed by atoms with van der Waals surface area (Å²) < 4.78 is 16.0. The molecule has 21 heavy (non-hydrogen) atoms. The van der Waals surface area contributed by atoms with E-state index in [1.54, 1.807) is 7.11 Å². The Hall–Kier alpha value is -1.45. The van der Waals surface area contributed by atoms with Crippen molar-refractivity contribution in [2.24, 2.45) is 0 Å². The molecular weight excluding hydrogens is 346 g/mol. The maximum atomic E-state index is 12.0.